The maximum absolute atomic E-state index is 11.0. The zero-order valence-electron chi connectivity index (χ0n) is 7.90. The number of hydrogen-bond acceptors (Lipinski definition) is 2. The number of H-pyrrole nitrogens is 2. The highest BCUT2D eigenvalue weighted by atomic mass is 35.5. The summed E-state index contributed by atoms with van der Waals surface area (Å²) in [6.07, 6.45) is 5.29. The minimum absolute atomic E-state index is 0. The molecule has 2 aromatic heterocycles. The summed E-state index contributed by atoms with van der Waals surface area (Å²) in [6.45, 7) is 0. The normalized spacial score (nSPS) is 9.67. The first kappa shape index (κ1) is 11.3. The second kappa shape index (κ2) is 4.14. The Balaban J connectivity index is 0.00000112. The molecule has 7 heteroatoms. The average Bonchev–Trinajstić information content (AvgIpc) is 2.50. The molecular weight excluding hydrogens is 220 g/mol. The second-order valence-electron chi connectivity index (χ2n) is 2.96. The van der Waals surface area contributed by atoms with Gasteiger partial charge in [0.05, 0.1) is 13.1 Å². The van der Waals surface area contributed by atoms with Crippen LogP contribution in [-0.2, 0) is 7.05 Å². The van der Waals surface area contributed by atoms with Crippen LogP contribution in [0.15, 0.2) is 34.4 Å². The Kier molecular flexibility index (Phi) is 3.11. The van der Waals surface area contributed by atoms with E-state index in [0.717, 1.165) is 0 Å². The highest BCUT2D eigenvalue weighted by Crippen LogP contribution is 1.94. The Morgan fingerprint density at radius 2 is 2.07 bits per heavy atom. The lowest BCUT2D eigenvalue weighted by atomic mass is 10.5. The number of aromatic amines is 2. The molecule has 15 heavy (non-hydrogen) atoms. The summed E-state index contributed by atoms with van der Waals surface area (Å²) in [6, 6.07) is 1.32. The van der Waals surface area contributed by atoms with E-state index in [1.54, 1.807) is 27.9 Å². The van der Waals surface area contributed by atoms with Gasteiger partial charge in [0, 0.05) is 0 Å². The quantitative estimate of drug-likeness (QED) is 0.485. The predicted octanol–water partition coefficient (Wildman–Crippen LogP) is -4.32. The van der Waals surface area contributed by atoms with Gasteiger partial charge in [-0.25, -0.2) is 9.36 Å². The van der Waals surface area contributed by atoms with Gasteiger partial charge in [0.15, 0.2) is 0 Å². The molecule has 6 nitrogen and oxygen atoms in total. The molecule has 0 radical (unpaired) electrons. The van der Waals surface area contributed by atoms with Crippen molar-refractivity contribution in [1.82, 2.24) is 14.5 Å². The number of hydrogen-bond donors (Lipinski definition) is 2. The van der Waals surface area contributed by atoms with E-state index in [1.807, 2.05) is 7.05 Å². The molecule has 0 spiro atoms. The molecule has 0 aliphatic heterocycles. The lowest BCUT2D eigenvalue weighted by Gasteiger charge is -1.92. The lowest BCUT2D eigenvalue weighted by molar-refractivity contribution is -0.670. The van der Waals surface area contributed by atoms with Crippen molar-refractivity contribution >= 4 is 0 Å². The van der Waals surface area contributed by atoms with E-state index in [2.05, 4.69) is 9.97 Å². The second-order valence-corrected chi connectivity index (χ2v) is 2.96. The van der Waals surface area contributed by atoms with Gasteiger partial charge in [0.25, 0.3) is 5.56 Å². The molecule has 0 saturated carbocycles. The van der Waals surface area contributed by atoms with Crippen molar-refractivity contribution in [1.29, 1.82) is 0 Å². The molecule has 0 aliphatic rings. The number of imidazole rings is 1. The minimum Gasteiger partial charge on any atom is -1.00 e. The summed E-state index contributed by atoms with van der Waals surface area (Å²) in [5.74, 6) is 0.444. The van der Waals surface area contributed by atoms with Crippen molar-refractivity contribution in [2.75, 3.05) is 0 Å². The van der Waals surface area contributed by atoms with Gasteiger partial charge in [-0.1, -0.05) is 0 Å². The molecule has 0 aromatic carbocycles. The average molecular weight is 229 g/mol. The summed E-state index contributed by atoms with van der Waals surface area (Å²) < 4.78 is 3.45. The van der Waals surface area contributed by atoms with E-state index < -0.39 is 11.2 Å². The van der Waals surface area contributed by atoms with Crippen molar-refractivity contribution < 1.29 is 17.0 Å². The first-order valence-corrected chi connectivity index (χ1v) is 4.02. The molecule has 2 N–H and O–H groups in total. The topological polar surface area (TPSA) is 74.5 Å². The van der Waals surface area contributed by atoms with Gasteiger partial charge >= 0.3 is 5.69 Å². The molecule has 0 aliphatic carbocycles. The number of aromatic nitrogens is 4. The Labute approximate surface area is 90.6 Å². The largest absolute Gasteiger partial charge is 1.00 e. The number of nitrogens with zero attached hydrogens (tertiary/aromatic N) is 2. The fraction of sp³-hybridized carbons (Fsp3) is 0.125. The zero-order chi connectivity index (χ0) is 10.1. The van der Waals surface area contributed by atoms with Gasteiger partial charge in [-0.05, 0) is 0 Å². The SMILES string of the molecule is C[n+]1ccn(-c2cc(=O)[nH]c(=O)[nH]2)c1.[Cl-]. The number of nitrogens with one attached hydrogen (secondary N) is 2. The van der Waals surface area contributed by atoms with Crippen LogP contribution in [0.4, 0.5) is 0 Å². The molecule has 0 bridgehead atoms. The van der Waals surface area contributed by atoms with E-state index in [-0.39, 0.29) is 12.4 Å². The minimum atomic E-state index is -0.510. The fourth-order valence-corrected chi connectivity index (χ4v) is 1.19. The van der Waals surface area contributed by atoms with Gasteiger partial charge in [-0.2, -0.15) is 4.57 Å². The molecule has 0 atom stereocenters. The van der Waals surface area contributed by atoms with Gasteiger partial charge in [-0.15, -0.1) is 0 Å². The standard InChI is InChI=1S/C8H8N4O2.ClH/c1-11-2-3-12(5-11)6-4-7(13)10-8(14)9-6;/h2-5H,1H3,(H-,9,10,13,14);1H. The Bertz CT molecular complexity index is 540. The number of aryl methyl sites for hydroxylation is 1. The number of rotatable bonds is 1. The maximum atomic E-state index is 11.0. The van der Waals surface area contributed by atoms with Crippen molar-refractivity contribution in [3.63, 3.8) is 0 Å². The van der Waals surface area contributed by atoms with Crippen LogP contribution in [0, 0.1) is 0 Å². The molecule has 2 heterocycles. The fourth-order valence-electron chi connectivity index (χ4n) is 1.19. The third-order valence-electron chi connectivity index (χ3n) is 1.79. The van der Waals surface area contributed by atoms with Crippen LogP contribution in [0.3, 0.4) is 0 Å². The molecule has 0 fully saturated rings. The van der Waals surface area contributed by atoms with Gasteiger partial charge < -0.3 is 12.4 Å². The molecule has 0 unspecified atom stereocenters. The van der Waals surface area contributed by atoms with Crippen LogP contribution in [0.5, 0.6) is 0 Å². The van der Waals surface area contributed by atoms with Gasteiger partial charge in [-0.3, -0.25) is 14.8 Å². The highest BCUT2D eigenvalue weighted by Gasteiger charge is 2.05. The summed E-state index contributed by atoms with van der Waals surface area (Å²) >= 11 is 0. The highest BCUT2D eigenvalue weighted by molar-refractivity contribution is 5.17. The first-order valence-electron chi connectivity index (χ1n) is 4.02. The molecule has 0 saturated heterocycles. The monoisotopic (exact) mass is 228 g/mol. The predicted molar refractivity (Wildman–Crippen MR) is 48.2 cm³/mol. The van der Waals surface area contributed by atoms with Gasteiger partial charge in [0.2, 0.25) is 12.1 Å². The summed E-state index contributed by atoms with van der Waals surface area (Å²) in [7, 11) is 1.85. The van der Waals surface area contributed by atoms with Crippen molar-refractivity contribution in [2.24, 2.45) is 7.05 Å². The smallest absolute Gasteiger partial charge is 0.328 e. The molecule has 80 valence electrons. The molecular formula is C8H9ClN4O2. The van der Waals surface area contributed by atoms with Crippen LogP contribution in [0.2, 0.25) is 0 Å². The van der Waals surface area contributed by atoms with E-state index in [9.17, 15) is 9.59 Å². The van der Waals surface area contributed by atoms with Crippen LogP contribution in [-0.4, -0.2) is 14.5 Å². The number of halogens is 1. The van der Waals surface area contributed by atoms with E-state index in [0.29, 0.717) is 5.82 Å². The van der Waals surface area contributed by atoms with Crippen molar-refractivity contribution in [3.8, 4) is 5.82 Å². The Hall–Kier alpha value is -1.82. The van der Waals surface area contributed by atoms with Crippen LogP contribution in [0.25, 0.3) is 5.82 Å². The van der Waals surface area contributed by atoms with Crippen molar-refractivity contribution in [3.05, 3.63) is 45.6 Å². The molecule has 2 aromatic rings. The Morgan fingerprint density at radius 3 is 2.60 bits per heavy atom. The van der Waals surface area contributed by atoms with E-state index >= 15 is 0 Å². The lowest BCUT2D eigenvalue weighted by Crippen LogP contribution is -3.00. The molecule has 2 rings (SSSR count). The molecule has 0 amide bonds. The van der Waals surface area contributed by atoms with Crippen LogP contribution in [0.1, 0.15) is 0 Å². The van der Waals surface area contributed by atoms with Gasteiger partial charge in [0.1, 0.15) is 12.4 Å². The van der Waals surface area contributed by atoms with Crippen LogP contribution >= 0.6 is 0 Å². The first-order chi connectivity index (χ1) is 6.65. The van der Waals surface area contributed by atoms with Crippen molar-refractivity contribution in [2.45, 2.75) is 0 Å². The zero-order valence-corrected chi connectivity index (χ0v) is 8.65. The maximum Gasteiger partial charge on any atom is 0.328 e. The van der Waals surface area contributed by atoms with Crippen LogP contribution < -0.4 is 28.2 Å². The third-order valence-corrected chi connectivity index (χ3v) is 1.79. The summed E-state index contributed by atoms with van der Waals surface area (Å²) in [5.41, 5.74) is -0.927. The third kappa shape index (κ3) is 2.35. The summed E-state index contributed by atoms with van der Waals surface area (Å²) in [4.78, 5) is 26.6. The van der Waals surface area contributed by atoms with E-state index in [4.69, 9.17) is 0 Å². The summed E-state index contributed by atoms with van der Waals surface area (Å²) in [5, 5.41) is 0. The van der Waals surface area contributed by atoms with E-state index in [1.165, 1.54) is 6.07 Å². The Morgan fingerprint density at radius 1 is 1.33 bits per heavy atom.